The van der Waals surface area contributed by atoms with Crippen LogP contribution in [0.15, 0.2) is 18.3 Å². The first kappa shape index (κ1) is 17.5. The number of anilines is 2. The molecule has 4 rings (SSSR count). The normalized spacial score (nSPS) is 16.9. The van der Waals surface area contributed by atoms with E-state index >= 15 is 0 Å². The van der Waals surface area contributed by atoms with Crippen molar-refractivity contribution in [2.75, 3.05) is 37.0 Å². The van der Waals surface area contributed by atoms with Crippen LogP contribution in [0, 0.1) is 0 Å². The van der Waals surface area contributed by atoms with Gasteiger partial charge in [0.05, 0.1) is 17.7 Å². The molecule has 0 aliphatic carbocycles. The number of carbonyl (C=O) groups excluding carboxylic acids is 3. The van der Waals surface area contributed by atoms with Gasteiger partial charge in [-0.1, -0.05) is 0 Å². The molecule has 2 N–H and O–H groups in total. The molecule has 8 nitrogen and oxygen atoms in total. The van der Waals surface area contributed by atoms with Crippen LogP contribution in [0.2, 0.25) is 0 Å². The summed E-state index contributed by atoms with van der Waals surface area (Å²) in [5, 5.41) is 0.721. The second-order valence-corrected chi connectivity index (χ2v) is 7.82. The number of aromatic nitrogens is 1. The summed E-state index contributed by atoms with van der Waals surface area (Å²) in [6, 6.07) is 3.44. The lowest BCUT2D eigenvalue weighted by molar-refractivity contribution is -0.118. The van der Waals surface area contributed by atoms with E-state index in [9.17, 15) is 14.4 Å². The summed E-state index contributed by atoms with van der Waals surface area (Å²) >= 11 is 1.49. The number of carbonyl (C=O) groups is 3. The Morgan fingerprint density at radius 2 is 2.00 bits per heavy atom. The van der Waals surface area contributed by atoms with E-state index in [1.807, 2.05) is 0 Å². The average Bonchev–Trinajstić information content (AvgIpc) is 3.01. The molecule has 9 heteroatoms. The van der Waals surface area contributed by atoms with Gasteiger partial charge in [0.25, 0.3) is 5.91 Å². The number of fused-ring (bicyclic) bond motifs is 3. The SMILES string of the molecule is CN1CC(=O)N(C)c2sc3c(c2C1=O)CCN(c1ccc(C(N)=O)cn1)C3. The van der Waals surface area contributed by atoms with Crippen molar-refractivity contribution < 1.29 is 14.4 Å². The molecule has 2 aliphatic heterocycles. The molecule has 0 aromatic carbocycles. The average molecular weight is 385 g/mol. The Morgan fingerprint density at radius 3 is 2.67 bits per heavy atom. The van der Waals surface area contributed by atoms with E-state index in [1.54, 1.807) is 31.1 Å². The van der Waals surface area contributed by atoms with Crippen LogP contribution >= 0.6 is 11.3 Å². The number of hydrogen-bond acceptors (Lipinski definition) is 6. The third-order valence-corrected chi connectivity index (χ3v) is 6.30. The lowest BCUT2D eigenvalue weighted by Gasteiger charge is -2.28. The van der Waals surface area contributed by atoms with E-state index in [-0.39, 0.29) is 18.4 Å². The third-order valence-electron chi connectivity index (χ3n) is 5.01. The van der Waals surface area contributed by atoms with Gasteiger partial charge in [-0.15, -0.1) is 11.3 Å². The van der Waals surface area contributed by atoms with E-state index in [1.165, 1.54) is 22.4 Å². The van der Waals surface area contributed by atoms with Gasteiger partial charge >= 0.3 is 0 Å². The lowest BCUT2D eigenvalue weighted by atomic mass is 10.0. The first-order chi connectivity index (χ1) is 12.9. The molecular formula is C18H19N5O3S. The number of thiophene rings is 1. The van der Waals surface area contributed by atoms with Crippen molar-refractivity contribution >= 4 is 39.9 Å². The zero-order valence-corrected chi connectivity index (χ0v) is 15.9. The van der Waals surface area contributed by atoms with E-state index in [0.29, 0.717) is 30.6 Å². The minimum Gasteiger partial charge on any atom is -0.366 e. The summed E-state index contributed by atoms with van der Waals surface area (Å²) in [5.74, 6) is 0.0516. The Morgan fingerprint density at radius 1 is 1.22 bits per heavy atom. The molecule has 0 fully saturated rings. The quantitative estimate of drug-likeness (QED) is 0.826. The van der Waals surface area contributed by atoms with Crippen LogP contribution in [0.25, 0.3) is 0 Å². The van der Waals surface area contributed by atoms with Crippen molar-refractivity contribution in [1.82, 2.24) is 9.88 Å². The number of nitrogens with zero attached hydrogens (tertiary/aromatic N) is 4. The maximum Gasteiger partial charge on any atom is 0.257 e. The van der Waals surface area contributed by atoms with Crippen LogP contribution in [-0.4, -0.2) is 54.8 Å². The number of rotatable bonds is 2. The summed E-state index contributed by atoms with van der Waals surface area (Å²) < 4.78 is 0. The molecule has 3 amide bonds. The molecule has 2 aromatic rings. The van der Waals surface area contributed by atoms with E-state index < -0.39 is 5.91 Å². The van der Waals surface area contributed by atoms with Crippen molar-refractivity contribution in [3.05, 3.63) is 39.9 Å². The van der Waals surface area contributed by atoms with Crippen LogP contribution in [0.4, 0.5) is 10.8 Å². The Hall–Kier alpha value is -2.94. The second kappa shape index (κ2) is 6.34. The highest BCUT2D eigenvalue weighted by Crippen LogP contribution is 2.41. The summed E-state index contributed by atoms with van der Waals surface area (Å²) in [5.41, 5.74) is 7.31. The highest BCUT2D eigenvalue weighted by atomic mass is 32.1. The Kier molecular flexibility index (Phi) is 4.11. The minimum absolute atomic E-state index is 0.0910. The molecule has 27 heavy (non-hydrogen) atoms. The van der Waals surface area contributed by atoms with Crippen molar-refractivity contribution in [2.45, 2.75) is 13.0 Å². The highest BCUT2D eigenvalue weighted by Gasteiger charge is 2.35. The number of pyridine rings is 1. The number of hydrogen-bond donors (Lipinski definition) is 1. The van der Waals surface area contributed by atoms with Crippen LogP contribution in [-0.2, 0) is 17.8 Å². The predicted molar refractivity (Wildman–Crippen MR) is 102 cm³/mol. The Balaban J connectivity index is 1.68. The standard InChI is InChI=1S/C18H19N5O3S/c1-21-9-14(24)22(2)18-15(17(21)26)11-5-6-23(8-12(11)27-18)13-4-3-10(7-20-13)16(19)25/h3-4,7H,5-6,8-9H2,1-2H3,(H2,19,25). The fourth-order valence-electron chi connectivity index (χ4n) is 3.45. The summed E-state index contributed by atoms with van der Waals surface area (Å²) in [4.78, 5) is 46.9. The molecule has 0 spiro atoms. The van der Waals surface area contributed by atoms with Crippen molar-refractivity contribution in [1.29, 1.82) is 0 Å². The van der Waals surface area contributed by atoms with Crippen molar-refractivity contribution in [2.24, 2.45) is 5.73 Å². The molecule has 0 saturated carbocycles. The molecule has 140 valence electrons. The van der Waals surface area contributed by atoms with E-state index in [0.717, 1.165) is 21.3 Å². The summed E-state index contributed by atoms with van der Waals surface area (Å²) in [6.07, 6.45) is 2.17. The smallest absolute Gasteiger partial charge is 0.257 e. The Bertz CT molecular complexity index is 953. The topological polar surface area (TPSA) is 99.8 Å². The van der Waals surface area contributed by atoms with Crippen LogP contribution in [0.5, 0.6) is 0 Å². The van der Waals surface area contributed by atoms with Gasteiger partial charge in [-0.25, -0.2) is 4.98 Å². The molecule has 0 saturated heterocycles. The maximum absolute atomic E-state index is 12.8. The van der Waals surface area contributed by atoms with Gasteiger partial charge in [0, 0.05) is 31.7 Å². The third kappa shape index (κ3) is 2.84. The van der Waals surface area contributed by atoms with Crippen LogP contribution in [0.1, 0.15) is 31.2 Å². The van der Waals surface area contributed by atoms with Gasteiger partial charge in [-0.2, -0.15) is 0 Å². The second-order valence-electron chi connectivity index (χ2n) is 6.74. The fourth-order valence-corrected chi connectivity index (χ4v) is 4.78. The van der Waals surface area contributed by atoms with Gasteiger partial charge in [0.15, 0.2) is 0 Å². The number of likely N-dealkylation sites (N-methyl/N-ethyl adjacent to an activating group) is 2. The highest BCUT2D eigenvalue weighted by molar-refractivity contribution is 7.17. The largest absolute Gasteiger partial charge is 0.366 e. The summed E-state index contributed by atoms with van der Waals surface area (Å²) in [7, 11) is 3.38. The van der Waals surface area contributed by atoms with Crippen LogP contribution < -0.4 is 15.5 Å². The predicted octanol–water partition coefficient (Wildman–Crippen LogP) is 0.853. The Labute approximate surface area is 160 Å². The first-order valence-electron chi connectivity index (χ1n) is 8.54. The van der Waals surface area contributed by atoms with Crippen molar-refractivity contribution in [3.8, 4) is 0 Å². The number of nitrogens with two attached hydrogens (primary N) is 1. The molecule has 0 radical (unpaired) electrons. The maximum atomic E-state index is 12.8. The van der Waals surface area contributed by atoms with Gasteiger partial charge < -0.3 is 20.4 Å². The van der Waals surface area contributed by atoms with Gasteiger partial charge in [0.1, 0.15) is 17.4 Å². The van der Waals surface area contributed by atoms with Crippen LogP contribution in [0.3, 0.4) is 0 Å². The van der Waals surface area contributed by atoms with Gasteiger partial charge in [-0.3, -0.25) is 14.4 Å². The van der Waals surface area contributed by atoms with E-state index in [2.05, 4.69) is 9.88 Å². The van der Waals surface area contributed by atoms with Crippen molar-refractivity contribution in [3.63, 3.8) is 0 Å². The molecule has 2 aromatic heterocycles. The first-order valence-corrected chi connectivity index (χ1v) is 9.36. The molecule has 0 atom stereocenters. The zero-order chi connectivity index (χ0) is 19.3. The molecule has 2 aliphatic rings. The molecule has 0 bridgehead atoms. The summed E-state index contributed by atoms with van der Waals surface area (Å²) in [6.45, 7) is 1.40. The number of primary amides is 1. The zero-order valence-electron chi connectivity index (χ0n) is 15.1. The number of amides is 3. The lowest BCUT2D eigenvalue weighted by Crippen LogP contribution is -2.36. The van der Waals surface area contributed by atoms with Gasteiger partial charge in [-0.05, 0) is 24.1 Å². The van der Waals surface area contributed by atoms with Gasteiger partial charge in [0.2, 0.25) is 11.8 Å². The van der Waals surface area contributed by atoms with E-state index in [4.69, 9.17) is 5.73 Å². The molecular weight excluding hydrogens is 366 g/mol. The fraction of sp³-hybridized carbons (Fsp3) is 0.333. The molecule has 0 unspecified atom stereocenters. The molecule has 4 heterocycles. The minimum atomic E-state index is -0.507. The monoisotopic (exact) mass is 385 g/mol.